The van der Waals surface area contributed by atoms with Gasteiger partial charge in [0, 0.05) is 25.6 Å². The van der Waals surface area contributed by atoms with E-state index in [4.69, 9.17) is 14.6 Å². The maximum Gasteiger partial charge on any atom is 0.407 e. The molecule has 3 rings (SSSR count). The summed E-state index contributed by atoms with van der Waals surface area (Å²) in [6.45, 7) is 1.18. The lowest BCUT2D eigenvalue weighted by Gasteiger charge is -2.30. The molecular formula is C24H29N3O6. The van der Waals surface area contributed by atoms with Crippen molar-refractivity contribution in [2.75, 3.05) is 20.2 Å². The molecule has 1 fully saturated rings. The zero-order chi connectivity index (χ0) is 23.6. The van der Waals surface area contributed by atoms with Gasteiger partial charge in [0.2, 0.25) is 0 Å². The molecule has 1 atom stereocenters. The van der Waals surface area contributed by atoms with Crippen LogP contribution in [0.1, 0.15) is 24.0 Å². The van der Waals surface area contributed by atoms with E-state index in [9.17, 15) is 14.4 Å². The van der Waals surface area contributed by atoms with Crippen LogP contribution in [0, 0.1) is 0 Å². The number of carboxylic acid groups (broad SMARTS) is 1. The third kappa shape index (κ3) is 7.41. The van der Waals surface area contributed by atoms with E-state index in [1.54, 1.807) is 0 Å². The van der Waals surface area contributed by atoms with Crippen LogP contribution in [0.3, 0.4) is 0 Å². The van der Waals surface area contributed by atoms with Gasteiger partial charge < -0.3 is 30.1 Å². The highest BCUT2D eigenvalue weighted by atomic mass is 16.5. The Balaban J connectivity index is 1.51. The molecule has 3 N–H and O–H groups in total. The number of nitrogens with one attached hydrogen (secondary N) is 2. The van der Waals surface area contributed by atoms with E-state index in [1.165, 1.54) is 12.0 Å². The molecule has 1 saturated heterocycles. The van der Waals surface area contributed by atoms with Gasteiger partial charge in [0.1, 0.15) is 18.4 Å². The fourth-order valence-electron chi connectivity index (χ4n) is 3.63. The summed E-state index contributed by atoms with van der Waals surface area (Å²) in [6, 6.07) is 15.7. The van der Waals surface area contributed by atoms with Crippen molar-refractivity contribution in [1.82, 2.24) is 15.5 Å². The van der Waals surface area contributed by atoms with Gasteiger partial charge in [-0.25, -0.2) is 14.4 Å². The maximum absolute atomic E-state index is 12.4. The van der Waals surface area contributed by atoms with Crippen molar-refractivity contribution in [3.05, 3.63) is 65.7 Å². The summed E-state index contributed by atoms with van der Waals surface area (Å²) in [7, 11) is 1.27. The van der Waals surface area contributed by atoms with Gasteiger partial charge in [-0.1, -0.05) is 42.5 Å². The number of rotatable bonds is 8. The number of benzene rings is 2. The van der Waals surface area contributed by atoms with E-state index in [0.29, 0.717) is 38.3 Å². The number of carbonyl (C=O) groups is 3. The number of piperidine rings is 1. The molecule has 0 unspecified atom stereocenters. The second-order valence-electron chi connectivity index (χ2n) is 7.86. The number of hydrogen-bond acceptors (Lipinski definition) is 5. The molecule has 0 bridgehead atoms. The Morgan fingerprint density at radius 1 is 1.03 bits per heavy atom. The molecule has 176 valence electrons. The van der Waals surface area contributed by atoms with Crippen LogP contribution in [-0.4, -0.2) is 60.4 Å². The number of methoxy groups -OCH3 is 1. The monoisotopic (exact) mass is 455 g/mol. The number of carbonyl (C=O) groups excluding carboxylic acids is 2. The summed E-state index contributed by atoms with van der Waals surface area (Å²) >= 11 is 0. The molecule has 2 aromatic carbocycles. The van der Waals surface area contributed by atoms with Crippen LogP contribution >= 0.6 is 0 Å². The fraction of sp³-hybridized carbons (Fsp3) is 0.375. The Morgan fingerprint density at radius 3 is 2.30 bits per heavy atom. The first-order chi connectivity index (χ1) is 15.9. The highest BCUT2D eigenvalue weighted by molar-refractivity contribution is 5.84. The molecule has 2 aromatic rings. The number of hydrogen-bond donors (Lipinski definition) is 3. The second-order valence-corrected chi connectivity index (χ2v) is 7.86. The Kier molecular flexibility index (Phi) is 8.51. The maximum atomic E-state index is 12.4. The number of amides is 3. The minimum atomic E-state index is -0.958. The minimum Gasteiger partial charge on any atom is -0.489 e. The summed E-state index contributed by atoms with van der Waals surface area (Å²) in [5, 5.41) is 14.5. The Bertz CT molecular complexity index is 927. The zero-order valence-corrected chi connectivity index (χ0v) is 18.5. The van der Waals surface area contributed by atoms with Gasteiger partial charge in [-0.05, 0) is 36.1 Å². The topological polar surface area (TPSA) is 117 Å². The van der Waals surface area contributed by atoms with Crippen LogP contribution in [0.5, 0.6) is 5.75 Å². The van der Waals surface area contributed by atoms with E-state index < -0.39 is 24.1 Å². The van der Waals surface area contributed by atoms with Crippen molar-refractivity contribution >= 4 is 18.1 Å². The molecule has 9 nitrogen and oxygen atoms in total. The SMILES string of the molecule is COC(=O)[C@H](Cc1ccc(OCc2ccccc2)cc1)NC(=O)NC1CCN(C(=O)O)CC1. The summed E-state index contributed by atoms with van der Waals surface area (Å²) in [5.41, 5.74) is 1.91. The Hall–Kier alpha value is -3.75. The molecule has 9 heteroatoms. The van der Waals surface area contributed by atoms with Crippen molar-refractivity contribution in [3.63, 3.8) is 0 Å². The summed E-state index contributed by atoms with van der Waals surface area (Å²) in [5.74, 6) is 0.158. The quantitative estimate of drug-likeness (QED) is 0.527. The predicted octanol–water partition coefficient (Wildman–Crippen LogP) is 2.79. The number of nitrogens with zero attached hydrogens (tertiary/aromatic N) is 1. The smallest absolute Gasteiger partial charge is 0.407 e. The van der Waals surface area contributed by atoms with Crippen molar-refractivity contribution in [2.24, 2.45) is 0 Å². The number of esters is 1. The molecule has 0 aromatic heterocycles. The van der Waals surface area contributed by atoms with Gasteiger partial charge in [0.25, 0.3) is 0 Å². The average Bonchev–Trinajstić information content (AvgIpc) is 2.83. The van der Waals surface area contributed by atoms with E-state index in [1.807, 2.05) is 54.6 Å². The molecule has 33 heavy (non-hydrogen) atoms. The molecule has 1 aliphatic rings. The van der Waals surface area contributed by atoms with Crippen LogP contribution in [-0.2, 0) is 22.6 Å². The van der Waals surface area contributed by atoms with E-state index in [2.05, 4.69) is 10.6 Å². The molecule has 1 heterocycles. The van der Waals surface area contributed by atoms with Gasteiger partial charge in [-0.15, -0.1) is 0 Å². The first kappa shape index (κ1) is 23.9. The highest BCUT2D eigenvalue weighted by Crippen LogP contribution is 2.16. The normalized spacial score (nSPS) is 14.8. The van der Waals surface area contributed by atoms with Crippen molar-refractivity contribution < 1.29 is 29.0 Å². The molecule has 1 aliphatic heterocycles. The van der Waals surface area contributed by atoms with E-state index >= 15 is 0 Å². The lowest BCUT2D eigenvalue weighted by atomic mass is 10.0. The summed E-state index contributed by atoms with van der Waals surface area (Å²) in [4.78, 5) is 37.0. The van der Waals surface area contributed by atoms with E-state index in [-0.39, 0.29) is 12.5 Å². The van der Waals surface area contributed by atoms with Gasteiger partial charge >= 0.3 is 18.1 Å². The van der Waals surface area contributed by atoms with E-state index in [0.717, 1.165) is 11.1 Å². The summed E-state index contributed by atoms with van der Waals surface area (Å²) in [6.07, 6.45) is 0.344. The molecule has 0 radical (unpaired) electrons. The molecule has 0 spiro atoms. The molecule has 0 saturated carbocycles. The van der Waals surface area contributed by atoms with Crippen LogP contribution < -0.4 is 15.4 Å². The molecule has 3 amide bonds. The van der Waals surface area contributed by atoms with Gasteiger partial charge in [0.15, 0.2) is 0 Å². The van der Waals surface area contributed by atoms with Crippen LogP contribution in [0.25, 0.3) is 0 Å². The lowest BCUT2D eigenvalue weighted by Crippen LogP contribution is -2.52. The standard InChI is InChI=1S/C24H29N3O6/c1-32-22(28)21(26-23(29)25-19-11-13-27(14-12-19)24(30)31)15-17-7-9-20(10-8-17)33-16-18-5-3-2-4-6-18/h2-10,19,21H,11-16H2,1H3,(H,30,31)(H2,25,26,29)/t21-/m0/s1. The summed E-state index contributed by atoms with van der Waals surface area (Å²) < 4.78 is 10.6. The average molecular weight is 456 g/mol. The van der Waals surface area contributed by atoms with Crippen LogP contribution in [0.15, 0.2) is 54.6 Å². The second kappa shape index (κ2) is 11.8. The van der Waals surface area contributed by atoms with Crippen molar-refractivity contribution in [3.8, 4) is 5.75 Å². The largest absolute Gasteiger partial charge is 0.489 e. The van der Waals surface area contributed by atoms with Crippen molar-refractivity contribution in [1.29, 1.82) is 0 Å². The van der Waals surface area contributed by atoms with Gasteiger partial charge in [-0.3, -0.25) is 0 Å². The Morgan fingerprint density at radius 2 is 1.70 bits per heavy atom. The zero-order valence-electron chi connectivity index (χ0n) is 18.5. The number of likely N-dealkylation sites (tertiary alicyclic amines) is 1. The Labute approximate surface area is 192 Å². The lowest BCUT2D eigenvalue weighted by molar-refractivity contribution is -0.142. The van der Waals surface area contributed by atoms with Crippen LogP contribution in [0.4, 0.5) is 9.59 Å². The minimum absolute atomic E-state index is 0.153. The molecule has 0 aliphatic carbocycles. The number of ether oxygens (including phenoxy) is 2. The van der Waals surface area contributed by atoms with Gasteiger partial charge in [0.05, 0.1) is 7.11 Å². The number of urea groups is 1. The fourth-order valence-corrected chi connectivity index (χ4v) is 3.63. The van der Waals surface area contributed by atoms with Crippen LogP contribution in [0.2, 0.25) is 0 Å². The molecular weight excluding hydrogens is 426 g/mol. The first-order valence-corrected chi connectivity index (χ1v) is 10.8. The van der Waals surface area contributed by atoms with Gasteiger partial charge in [-0.2, -0.15) is 0 Å². The van der Waals surface area contributed by atoms with Crippen molar-refractivity contribution in [2.45, 2.75) is 38.0 Å². The third-order valence-corrected chi connectivity index (χ3v) is 5.50. The highest BCUT2D eigenvalue weighted by Gasteiger charge is 2.26. The first-order valence-electron chi connectivity index (χ1n) is 10.8. The predicted molar refractivity (Wildman–Crippen MR) is 121 cm³/mol. The third-order valence-electron chi connectivity index (χ3n) is 5.50.